The van der Waals surface area contributed by atoms with Gasteiger partial charge in [-0.05, 0) is 93.6 Å². The number of fused-ring (bicyclic) bond motifs is 2. The number of allylic oxidation sites excluding steroid dienone is 1. The second kappa shape index (κ2) is 43.0. The van der Waals surface area contributed by atoms with Crippen LogP contribution in [0.15, 0.2) is 71.0 Å². The third-order valence-corrected chi connectivity index (χ3v) is 12.8. The molecule has 4 atom stereocenters. The lowest BCUT2D eigenvalue weighted by molar-refractivity contribution is -0.145. The molecular formula is C56H89Cl2NO8S. The van der Waals surface area contributed by atoms with Gasteiger partial charge in [-0.25, -0.2) is 0 Å². The number of hydrogen-bond donors (Lipinski definition) is 4. The molecule has 0 aromatic heterocycles. The molecule has 0 aliphatic carbocycles. The molecule has 9 nitrogen and oxygen atoms in total. The molecule has 0 amide bonds. The van der Waals surface area contributed by atoms with E-state index in [1.165, 1.54) is 124 Å². The van der Waals surface area contributed by atoms with E-state index >= 15 is 0 Å². The Labute approximate surface area is 427 Å². The number of benzene rings is 2. The predicted octanol–water partition coefficient (Wildman–Crippen LogP) is 13.3. The van der Waals surface area contributed by atoms with Crippen LogP contribution in [0.3, 0.4) is 0 Å². The molecule has 12 heteroatoms. The van der Waals surface area contributed by atoms with Crippen LogP contribution in [-0.4, -0.2) is 95.5 Å². The standard InChI is InChI=1S/C19H36O4.C19H34O4.C18H18ClNS.ClH/c2*1-3-4-5-6-7-8-9-10-11-12-13-14-18(21)15-19(22)16-23-17(2)20;1-20(2)11-5-7-14-15-6-3-4-8-17(15)21-18-10-9-13(19)12-16(14)18;/h3,18-19,21-22H,1,4-16H2,2H3;1,18-19,21-22H,4-16H2,2H3;3-4,6-10,12H,5,11H2,1-2H3;1H. The fourth-order valence-corrected chi connectivity index (χ4v) is 8.97. The summed E-state index contributed by atoms with van der Waals surface area (Å²) in [5.74, 6) is 1.86. The summed E-state index contributed by atoms with van der Waals surface area (Å²) in [5, 5.41) is 39.6. The van der Waals surface area contributed by atoms with Gasteiger partial charge in [-0.15, -0.1) is 31.3 Å². The van der Waals surface area contributed by atoms with E-state index in [1.54, 1.807) is 0 Å². The van der Waals surface area contributed by atoms with Crippen LogP contribution < -0.4 is 0 Å². The van der Waals surface area contributed by atoms with Crippen molar-refractivity contribution in [2.75, 3.05) is 33.9 Å². The van der Waals surface area contributed by atoms with Gasteiger partial charge in [0.05, 0.1) is 24.4 Å². The summed E-state index contributed by atoms with van der Waals surface area (Å²) in [4.78, 5) is 26.1. The first-order valence-electron chi connectivity index (χ1n) is 25.2. The van der Waals surface area contributed by atoms with Crippen molar-refractivity contribution in [3.8, 4) is 12.3 Å². The lowest BCUT2D eigenvalue weighted by atomic mass is 9.96. The average molecular weight is 1010 g/mol. The van der Waals surface area contributed by atoms with Gasteiger partial charge in [0.2, 0.25) is 0 Å². The molecule has 68 heavy (non-hydrogen) atoms. The summed E-state index contributed by atoms with van der Waals surface area (Å²) in [5.41, 5.74) is 3.88. The maximum Gasteiger partial charge on any atom is 0.302 e. The minimum Gasteiger partial charge on any atom is -0.463 e. The van der Waals surface area contributed by atoms with Gasteiger partial charge in [0, 0.05) is 54.5 Å². The number of hydrogen-bond acceptors (Lipinski definition) is 10. The normalized spacial score (nSPS) is 13.8. The van der Waals surface area contributed by atoms with Gasteiger partial charge in [0.1, 0.15) is 13.2 Å². The van der Waals surface area contributed by atoms with E-state index in [1.807, 2.05) is 23.9 Å². The van der Waals surface area contributed by atoms with Gasteiger partial charge in [-0.2, -0.15) is 0 Å². The van der Waals surface area contributed by atoms with Crippen LogP contribution in [0.1, 0.15) is 185 Å². The second-order valence-electron chi connectivity index (χ2n) is 18.1. The molecular weight excluding hydrogens is 918 g/mol. The minimum atomic E-state index is -0.775. The minimum absolute atomic E-state index is 0. The number of ether oxygens (including phenoxy) is 2. The molecule has 0 spiro atoms. The fourth-order valence-electron chi connectivity index (χ4n) is 7.71. The lowest BCUT2D eigenvalue weighted by Crippen LogP contribution is -2.23. The van der Waals surface area contributed by atoms with E-state index in [4.69, 9.17) is 27.5 Å². The zero-order valence-electron chi connectivity index (χ0n) is 42.2. The van der Waals surface area contributed by atoms with Crippen LogP contribution in [0.5, 0.6) is 0 Å². The fraction of sp³-hybridized carbons (Fsp3) is 0.643. The molecule has 4 unspecified atom stereocenters. The molecule has 0 saturated heterocycles. The third kappa shape index (κ3) is 35.3. The van der Waals surface area contributed by atoms with Gasteiger partial charge < -0.3 is 34.8 Å². The maximum absolute atomic E-state index is 10.6. The number of halogens is 2. The second-order valence-corrected chi connectivity index (χ2v) is 19.6. The van der Waals surface area contributed by atoms with Crippen LogP contribution in [0.4, 0.5) is 0 Å². The van der Waals surface area contributed by atoms with Crippen LogP contribution in [0, 0.1) is 12.3 Å². The monoisotopic (exact) mass is 1010 g/mol. The van der Waals surface area contributed by atoms with E-state index in [9.17, 15) is 30.0 Å². The Morgan fingerprint density at radius 3 is 1.60 bits per heavy atom. The Morgan fingerprint density at radius 1 is 0.676 bits per heavy atom. The molecule has 2 aromatic rings. The number of carbonyl (C=O) groups excluding carboxylic acids is 2. The molecule has 1 heterocycles. The summed E-state index contributed by atoms with van der Waals surface area (Å²) in [6.45, 7) is 7.33. The van der Waals surface area contributed by atoms with Crippen molar-refractivity contribution in [3.63, 3.8) is 0 Å². The Hall–Kier alpha value is -2.85. The summed E-state index contributed by atoms with van der Waals surface area (Å²) in [6, 6.07) is 14.8. The van der Waals surface area contributed by atoms with E-state index in [0.717, 1.165) is 62.9 Å². The molecule has 1 aliphatic heterocycles. The van der Waals surface area contributed by atoms with Crippen molar-refractivity contribution in [2.45, 2.75) is 209 Å². The van der Waals surface area contributed by atoms with Gasteiger partial charge in [-0.1, -0.05) is 156 Å². The SMILES string of the molecule is C#CCCCCCCCCCCCC(O)CC(O)COC(C)=O.C=CCCCCCCCCCCCC(O)CC(O)COC(C)=O.CN(C)CCC=C1c2ccccc2Sc2ccc(Cl)cc21.Cl. The van der Waals surface area contributed by atoms with Crippen molar-refractivity contribution >= 4 is 53.3 Å². The van der Waals surface area contributed by atoms with E-state index < -0.39 is 36.4 Å². The molecule has 386 valence electrons. The number of rotatable bonds is 34. The molecule has 0 saturated carbocycles. The third-order valence-electron chi connectivity index (χ3n) is 11.4. The Morgan fingerprint density at radius 2 is 1.13 bits per heavy atom. The van der Waals surface area contributed by atoms with Gasteiger partial charge >= 0.3 is 11.9 Å². The molecule has 2 aromatic carbocycles. The number of aliphatic hydroxyl groups is 4. The van der Waals surface area contributed by atoms with Crippen molar-refractivity contribution in [1.82, 2.24) is 4.90 Å². The number of unbranched alkanes of at least 4 members (excludes halogenated alkanes) is 18. The highest BCUT2D eigenvalue weighted by molar-refractivity contribution is 7.99. The molecule has 1 aliphatic rings. The molecule has 0 bridgehead atoms. The summed E-state index contributed by atoms with van der Waals surface area (Å²) >= 11 is 8.03. The molecule has 4 N–H and O–H groups in total. The van der Waals surface area contributed by atoms with Crippen molar-refractivity contribution < 1.29 is 39.5 Å². The molecule has 0 radical (unpaired) electrons. The first-order valence-corrected chi connectivity index (χ1v) is 26.4. The predicted molar refractivity (Wildman–Crippen MR) is 287 cm³/mol. The smallest absolute Gasteiger partial charge is 0.302 e. The van der Waals surface area contributed by atoms with Gasteiger partial charge in [-0.3, -0.25) is 9.59 Å². The van der Waals surface area contributed by atoms with Crippen LogP contribution in [0.2, 0.25) is 5.02 Å². The van der Waals surface area contributed by atoms with E-state index in [0.29, 0.717) is 12.8 Å². The number of nitrogens with zero attached hydrogens (tertiary/aromatic N) is 1. The Kier molecular flexibility index (Phi) is 41.2. The van der Waals surface area contributed by atoms with Gasteiger partial charge in [0.15, 0.2) is 0 Å². The Balaban J connectivity index is 0.000000983. The highest BCUT2D eigenvalue weighted by Gasteiger charge is 2.21. The van der Waals surface area contributed by atoms with Crippen molar-refractivity contribution in [3.05, 3.63) is 77.3 Å². The highest BCUT2D eigenvalue weighted by atomic mass is 35.5. The first-order chi connectivity index (χ1) is 32.3. The number of carbonyl (C=O) groups is 2. The number of terminal acetylenes is 1. The largest absolute Gasteiger partial charge is 0.463 e. The maximum atomic E-state index is 10.6. The lowest BCUT2D eigenvalue weighted by Gasteiger charge is -2.22. The topological polar surface area (TPSA) is 137 Å². The zero-order valence-corrected chi connectivity index (χ0v) is 44.5. The van der Waals surface area contributed by atoms with Crippen LogP contribution in [-0.2, 0) is 19.1 Å². The van der Waals surface area contributed by atoms with Crippen molar-refractivity contribution in [2.24, 2.45) is 0 Å². The Bertz CT molecular complexity index is 1680. The van der Waals surface area contributed by atoms with E-state index in [-0.39, 0.29) is 38.5 Å². The summed E-state index contributed by atoms with van der Waals surface area (Å²) < 4.78 is 9.42. The van der Waals surface area contributed by atoms with Crippen molar-refractivity contribution in [1.29, 1.82) is 0 Å². The summed E-state index contributed by atoms with van der Waals surface area (Å²) in [7, 11) is 4.21. The van der Waals surface area contributed by atoms with E-state index in [2.05, 4.69) is 74.0 Å². The zero-order chi connectivity index (χ0) is 49.5. The number of aliphatic hydroxyl groups excluding tert-OH is 4. The molecule has 0 fully saturated rings. The first kappa shape index (κ1) is 65.1. The van der Waals surface area contributed by atoms with Crippen LogP contribution in [0.25, 0.3) is 5.57 Å². The summed E-state index contributed by atoms with van der Waals surface area (Å²) in [6.07, 6.45) is 33.9. The van der Waals surface area contributed by atoms with Gasteiger partial charge in [0.25, 0.3) is 0 Å². The molecule has 3 rings (SSSR count). The average Bonchev–Trinajstić information content (AvgIpc) is 3.29. The van der Waals surface area contributed by atoms with Crippen LogP contribution >= 0.6 is 35.8 Å². The number of esters is 2. The quantitative estimate of drug-likeness (QED) is 0.0198. The highest BCUT2D eigenvalue weighted by Crippen LogP contribution is 2.46.